The molecule has 0 saturated carbocycles. The van der Waals surface area contributed by atoms with Gasteiger partial charge in [0, 0.05) is 30.3 Å². The second-order valence-electron chi connectivity index (χ2n) is 12.0. The number of hydrogen-bond donors (Lipinski definition) is 3. The minimum atomic E-state index is -0.862. The highest BCUT2D eigenvalue weighted by Gasteiger charge is 2.36. The number of hydrogen-bond acceptors (Lipinski definition) is 7. The van der Waals surface area contributed by atoms with E-state index in [2.05, 4.69) is 15.6 Å². The summed E-state index contributed by atoms with van der Waals surface area (Å²) in [4.78, 5) is 33.5. The van der Waals surface area contributed by atoms with Crippen molar-refractivity contribution in [3.63, 3.8) is 0 Å². The molecule has 0 bridgehead atoms. The average Bonchev–Trinajstić information content (AvgIpc) is 3.85. The number of aryl methyl sites for hydroxylation is 1. The minimum Gasteiger partial charge on any atom is -0.446 e. The molecule has 3 N–H and O–H groups in total. The third-order valence-corrected chi connectivity index (χ3v) is 8.70. The molecule has 9 heteroatoms. The highest BCUT2D eigenvalue weighted by molar-refractivity contribution is 6.00. The Bertz CT molecular complexity index is 1580. The zero-order valence-corrected chi connectivity index (χ0v) is 25.5. The number of nitrogens with zero attached hydrogens (tertiary/aromatic N) is 2. The molecule has 2 unspecified atom stereocenters. The molecule has 1 aromatic heterocycles. The normalized spacial score (nSPS) is 21.0. The van der Waals surface area contributed by atoms with Crippen molar-refractivity contribution >= 4 is 11.8 Å². The summed E-state index contributed by atoms with van der Waals surface area (Å²) >= 11 is 0. The maximum atomic E-state index is 13.7. The van der Waals surface area contributed by atoms with E-state index in [-0.39, 0.29) is 30.0 Å². The van der Waals surface area contributed by atoms with Gasteiger partial charge in [0.25, 0.3) is 11.8 Å². The van der Waals surface area contributed by atoms with E-state index in [1.165, 1.54) is 0 Å². The lowest BCUT2D eigenvalue weighted by Crippen LogP contribution is -2.52. The number of aromatic nitrogens is 1. The van der Waals surface area contributed by atoms with Crippen molar-refractivity contribution in [2.45, 2.75) is 69.5 Å². The summed E-state index contributed by atoms with van der Waals surface area (Å²) in [6.07, 6.45) is 3.39. The number of oxazole rings is 1. The second-order valence-corrected chi connectivity index (χ2v) is 12.0. The fraction of sp³-hybridized carbons (Fsp3) is 0.361. The Morgan fingerprint density at radius 1 is 1.04 bits per heavy atom. The molecule has 2 aliphatic rings. The minimum absolute atomic E-state index is 0.0460. The SMILES string of the molecule is Cc1coc([C@@H]2CCCN2C(=O)c2cccc(C(=O)NC(Cc3ccccc3)[C@H](O)C3C[C@@H](OCc4ccccc4)CN3)c2)n1. The van der Waals surface area contributed by atoms with Gasteiger partial charge in [0.1, 0.15) is 12.3 Å². The first-order chi connectivity index (χ1) is 21.9. The number of ether oxygens (including phenoxy) is 1. The van der Waals surface area contributed by atoms with Crippen LogP contribution in [0, 0.1) is 6.92 Å². The Kier molecular flexibility index (Phi) is 9.69. The van der Waals surface area contributed by atoms with Gasteiger partial charge in [0.15, 0.2) is 0 Å². The van der Waals surface area contributed by atoms with Crippen molar-refractivity contribution in [2.24, 2.45) is 0 Å². The Balaban J connectivity index is 1.14. The van der Waals surface area contributed by atoms with Crippen molar-refractivity contribution in [1.82, 2.24) is 20.5 Å². The fourth-order valence-electron chi connectivity index (χ4n) is 6.32. The van der Waals surface area contributed by atoms with Crippen LogP contribution in [0.15, 0.2) is 95.6 Å². The van der Waals surface area contributed by atoms with Gasteiger partial charge in [-0.15, -0.1) is 0 Å². The van der Waals surface area contributed by atoms with E-state index in [9.17, 15) is 14.7 Å². The second kappa shape index (κ2) is 14.2. The van der Waals surface area contributed by atoms with Crippen LogP contribution in [0.4, 0.5) is 0 Å². The van der Waals surface area contributed by atoms with Gasteiger partial charge < -0.3 is 29.8 Å². The summed E-state index contributed by atoms with van der Waals surface area (Å²) in [7, 11) is 0. The van der Waals surface area contributed by atoms with Crippen molar-refractivity contribution in [3.8, 4) is 0 Å². The van der Waals surface area contributed by atoms with E-state index in [0.717, 1.165) is 29.7 Å². The molecule has 3 aromatic carbocycles. The molecule has 9 nitrogen and oxygen atoms in total. The number of amides is 2. The first-order valence-electron chi connectivity index (χ1n) is 15.7. The Morgan fingerprint density at radius 3 is 2.51 bits per heavy atom. The van der Waals surface area contributed by atoms with Gasteiger partial charge in [-0.1, -0.05) is 66.7 Å². The number of carbonyl (C=O) groups is 2. The highest BCUT2D eigenvalue weighted by Crippen LogP contribution is 2.33. The van der Waals surface area contributed by atoms with Gasteiger partial charge >= 0.3 is 0 Å². The molecule has 6 rings (SSSR count). The first-order valence-corrected chi connectivity index (χ1v) is 15.7. The van der Waals surface area contributed by atoms with Gasteiger partial charge in [0.2, 0.25) is 5.89 Å². The smallest absolute Gasteiger partial charge is 0.254 e. The Labute approximate surface area is 263 Å². The lowest BCUT2D eigenvalue weighted by atomic mass is 9.94. The van der Waals surface area contributed by atoms with Crippen LogP contribution in [0.5, 0.6) is 0 Å². The lowest BCUT2D eigenvalue weighted by molar-refractivity contribution is 0.0419. The van der Waals surface area contributed by atoms with Gasteiger partial charge in [-0.3, -0.25) is 9.59 Å². The van der Waals surface area contributed by atoms with Crippen LogP contribution in [0.3, 0.4) is 0 Å². The quantitative estimate of drug-likeness (QED) is 0.228. The van der Waals surface area contributed by atoms with Crippen LogP contribution in [0.25, 0.3) is 0 Å². The average molecular weight is 609 g/mol. The number of benzene rings is 3. The van der Waals surface area contributed by atoms with Crippen molar-refractivity contribution < 1.29 is 23.8 Å². The summed E-state index contributed by atoms with van der Waals surface area (Å²) in [5.74, 6) is 0.0274. The van der Waals surface area contributed by atoms with Crippen molar-refractivity contribution in [2.75, 3.05) is 13.1 Å². The fourth-order valence-corrected chi connectivity index (χ4v) is 6.32. The molecule has 2 saturated heterocycles. The summed E-state index contributed by atoms with van der Waals surface area (Å²) in [6, 6.07) is 25.5. The van der Waals surface area contributed by atoms with E-state index < -0.39 is 12.1 Å². The number of carbonyl (C=O) groups excluding carboxylic acids is 2. The van der Waals surface area contributed by atoms with Gasteiger partial charge in [-0.05, 0) is 61.9 Å². The molecule has 3 heterocycles. The number of aliphatic hydroxyl groups is 1. The maximum Gasteiger partial charge on any atom is 0.254 e. The van der Waals surface area contributed by atoms with Gasteiger partial charge in [-0.2, -0.15) is 0 Å². The van der Waals surface area contributed by atoms with Crippen LogP contribution in [-0.2, 0) is 17.8 Å². The molecule has 2 amide bonds. The van der Waals surface area contributed by atoms with Crippen LogP contribution >= 0.6 is 0 Å². The van der Waals surface area contributed by atoms with Crippen molar-refractivity contribution in [1.29, 1.82) is 0 Å². The van der Waals surface area contributed by atoms with E-state index in [4.69, 9.17) is 9.15 Å². The third kappa shape index (κ3) is 7.50. The standard InChI is InChI=1S/C36H40N4O5/c1-24-22-45-35(38-24)32-16-9-17-40(32)36(43)28-15-8-14-27(19-28)34(42)39-31(18-25-10-4-2-5-11-25)33(41)30-20-29(21-37-30)44-23-26-12-6-3-7-13-26/h2-8,10-15,19,22,29-33,37,41H,9,16-18,20-21,23H2,1H3,(H,39,42)/t29-,30?,31?,32+,33-/m1/s1. The molecule has 0 aliphatic carbocycles. The maximum absolute atomic E-state index is 13.7. The number of likely N-dealkylation sites (tertiary alicyclic amines) is 1. The predicted molar refractivity (Wildman–Crippen MR) is 170 cm³/mol. The summed E-state index contributed by atoms with van der Waals surface area (Å²) in [5.41, 5.74) is 3.66. The molecule has 45 heavy (non-hydrogen) atoms. The van der Waals surface area contributed by atoms with Crippen LogP contribution < -0.4 is 10.6 Å². The number of nitrogens with one attached hydrogen (secondary N) is 2. The zero-order valence-electron chi connectivity index (χ0n) is 25.5. The topological polar surface area (TPSA) is 117 Å². The molecular weight excluding hydrogens is 568 g/mol. The van der Waals surface area contributed by atoms with Gasteiger partial charge in [0.05, 0.1) is 30.6 Å². The van der Waals surface area contributed by atoms with Crippen LogP contribution in [0.2, 0.25) is 0 Å². The Morgan fingerprint density at radius 2 is 1.78 bits per heavy atom. The molecule has 2 aliphatic heterocycles. The highest BCUT2D eigenvalue weighted by atomic mass is 16.5. The largest absolute Gasteiger partial charge is 0.446 e. The molecule has 2 fully saturated rings. The molecule has 0 radical (unpaired) electrons. The van der Waals surface area contributed by atoms with E-state index >= 15 is 0 Å². The van der Waals surface area contributed by atoms with E-state index in [0.29, 0.717) is 49.6 Å². The predicted octanol–water partition coefficient (Wildman–Crippen LogP) is 4.61. The molecular formula is C36H40N4O5. The van der Waals surface area contributed by atoms with Crippen molar-refractivity contribution in [3.05, 3.63) is 125 Å². The molecule has 5 atom stereocenters. The zero-order chi connectivity index (χ0) is 31.2. The number of rotatable bonds is 11. The van der Waals surface area contributed by atoms with E-state index in [1.54, 1.807) is 35.4 Å². The monoisotopic (exact) mass is 608 g/mol. The summed E-state index contributed by atoms with van der Waals surface area (Å²) in [5, 5.41) is 18.1. The van der Waals surface area contributed by atoms with Crippen LogP contribution in [-0.4, -0.2) is 64.2 Å². The Hall–Kier alpha value is -4.31. The van der Waals surface area contributed by atoms with Crippen LogP contribution in [0.1, 0.15) is 68.7 Å². The molecule has 234 valence electrons. The first kappa shape index (κ1) is 30.7. The molecule has 4 aromatic rings. The molecule has 0 spiro atoms. The third-order valence-electron chi connectivity index (χ3n) is 8.70. The number of aliphatic hydroxyl groups excluding tert-OH is 1. The summed E-state index contributed by atoms with van der Waals surface area (Å²) < 4.78 is 11.7. The summed E-state index contributed by atoms with van der Waals surface area (Å²) in [6.45, 7) is 3.58. The van der Waals surface area contributed by atoms with Gasteiger partial charge in [-0.25, -0.2) is 4.98 Å². The lowest BCUT2D eigenvalue weighted by Gasteiger charge is -2.29. The van der Waals surface area contributed by atoms with E-state index in [1.807, 2.05) is 67.6 Å².